The molecule has 3 nitrogen and oxygen atoms in total. The summed E-state index contributed by atoms with van der Waals surface area (Å²) in [5.41, 5.74) is 29.6. The summed E-state index contributed by atoms with van der Waals surface area (Å²) >= 11 is 0. The third-order valence-electron chi connectivity index (χ3n) is 18.6. The van der Waals surface area contributed by atoms with Crippen molar-refractivity contribution >= 4 is 94.5 Å². The molecule has 0 atom stereocenters. The Morgan fingerprint density at radius 2 is 1.01 bits per heavy atom. The molecule has 4 heteroatoms. The summed E-state index contributed by atoms with van der Waals surface area (Å²) in [7, 11) is 0. The Bertz CT molecular complexity index is 4650. The Kier molecular flexibility index (Phi) is 8.61. The van der Waals surface area contributed by atoms with Gasteiger partial charge in [0.05, 0.1) is 22.2 Å². The average molecular weight is 992 g/mol. The molecule has 0 bridgehead atoms. The standard InChI is InChI=1S/C73H62BN3/c1-70(2,3)42-27-30-45(31-28-42)75-58-35-29-43(71(4,5)6)37-56(58)74-57-38-44(72(7,8)9)36-54-53-33-32-52-49-21-14-15-24-55(49)73(10,11)66(52)69(53)77(68(54)57)62-40-46(39-61(75)67(62)74)76-59-25-17-23-51-48-20-13-12-19-47(48)50-22-16-18-41-26-34-60(76)65(63(41)50)64(51)59/h12-40H,1-11H3. The molecule has 0 fully saturated rings. The molecular formula is C73H62BN3. The number of nitrogens with zero attached hydrogens (tertiary/aromatic N) is 3. The van der Waals surface area contributed by atoms with Gasteiger partial charge in [-0.1, -0.05) is 204 Å². The van der Waals surface area contributed by atoms with Gasteiger partial charge in [-0.15, -0.1) is 0 Å². The molecule has 0 amide bonds. The highest BCUT2D eigenvalue weighted by Gasteiger charge is 2.46. The molecule has 0 unspecified atom stereocenters. The highest BCUT2D eigenvalue weighted by atomic mass is 15.2. The Morgan fingerprint density at radius 1 is 0.390 bits per heavy atom. The summed E-state index contributed by atoms with van der Waals surface area (Å²) in [5, 5.41) is 7.90. The van der Waals surface area contributed by atoms with E-state index in [1.807, 2.05) is 0 Å². The first-order valence-electron chi connectivity index (χ1n) is 28.0. The SMILES string of the molecule is CC(C)(C)c1ccc(N2c3ccc(C(C)(C)C)cc3B3c4c2cc(-n2c5cccc6c5c5c7c(cccc7ccc52)-c2ccccc2-6)cc4-n2c4c3cc(C(C)(C)C)cc4c3ccc4c(c32)C(C)(C)c2ccccc2-4)cc1. The molecule has 0 radical (unpaired) electrons. The van der Waals surface area contributed by atoms with Crippen molar-refractivity contribution in [3.8, 4) is 44.8 Å². The zero-order valence-corrected chi connectivity index (χ0v) is 46.2. The van der Waals surface area contributed by atoms with Crippen LogP contribution in [-0.4, -0.2) is 15.8 Å². The molecule has 2 aromatic heterocycles. The van der Waals surface area contributed by atoms with E-state index in [9.17, 15) is 0 Å². The minimum Gasteiger partial charge on any atom is -0.311 e. The highest BCUT2D eigenvalue weighted by molar-refractivity contribution is 7.00. The van der Waals surface area contributed by atoms with Gasteiger partial charge in [-0.3, -0.25) is 0 Å². The minimum absolute atomic E-state index is 0.00958. The fraction of sp³-hybridized carbons (Fsp3) is 0.205. The normalized spacial score (nSPS) is 14.7. The maximum atomic E-state index is 2.77. The van der Waals surface area contributed by atoms with E-state index in [2.05, 4.69) is 266 Å². The second kappa shape index (κ2) is 14.7. The molecule has 4 heterocycles. The largest absolute Gasteiger partial charge is 0.311 e. The molecule has 0 saturated carbocycles. The number of benzene rings is 10. The lowest BCUT2D eigenvalue weighted by atomic mass is 9.33. The number of fused-ring (bicyclic) bond motifs is 14. The van der Waals surface area contributed by atoms with E-state index >= 15 is 0 Å². The molecule has 2 aliphatic heterocycles. The maximum absolute atomic E-state index is 2.77. The number of aromatic nitrogens is 2. The summed E-state index contributed by atoms with van der Waals surface area (Å²) < 4.78 is 5.39. The third kappa shape index (κ3) is 5.84. The van der Waals surface area contributed by atoms with Gasteiger partial charge in [-0.25, -0.2) is 0 Å². The average Bonchev–Trinajstić information content (AvgIpc) is 4.00. The zero-order chi connectivity index (χ0) is 52.6. The Hall–Kier alpha value is -8.08. The molecule has 0 spiro atoms. The number of hydrogen-bond donors (Lipinski definition) is 0. The van der Waals surface area contributed by atoms with E-state index in [-0.39, 0.29) is 28.4 Å². The van der Waals surface area contributed by atoms with Crippen molar-refractivity contribution in [1.82, 2.24) is 9.13 Å². The first-order valence-corrected chi connectivity index (χ1v) is 28.0. The van der Waals surface area contributed by atoms with E-state index in [0.717, 1.165) is 5.69 Å². The molecule has 10 aromatic carbocycles. The fourth-order valence-electron chi connectivity index (χ4n) is 14.9. The first-order chi connectivity index (χ1) is 36.9. The van der Waals surface area contributed by atoms with Crippen LogP contribution in [0.3, 0.4) is 0 Å². The van der Waals surface area contributed by atoms with Crippen LogP contribution in [0.25, 0.3) is 99.1 Å². The highest BCUT2D eigenvalue weighted by Crippen LogP contribution is 2.55. The molecular weight excluding hydrogens is 930 g/mol. The van der Waals surface area contributed by atoms with Crippen molar-refractivity contribution in [3.05, 3.63) is 204 Å². The van der Waals surface area contributed by atoms with Crippen LogP contribution in [0.5, 0.6) is 0 Å². The molecule has 4 aliphatic rings. The topological polar surface area (TPSA) is 13.1 Å². The van der Waals surface area contributed by atoms with Gasteiger partial charge >= 0.3 is 0 Å². The quantitative estimate of drug-likeness (QED) is 0.157. The van der Waals surface area contributed by atoms with Crippen LogP contribution in [0.2, 0.25) is 0 Å². The summed E-state index contributed by atoms with van der Waals surface area (Å²) in [6.45, 7) is 26.1. The van der Waals surface area contributed by atoms with Gasteiger partial charge in [-0.2, -0.15) is 0 Å². The van der Waals surface area contributed by atoms with E-state index in [4.69, 9.17) is 0 Å². The van der Waals surface area contributed by atoms with Gasteiger partial charge in [-0.05, 0) is 153 Å². The lowest BCUT2D eigenvalue weighted by Crippen LogP contribution is -2.61. The Balaban J connectivity index is 1.11. The first kappa shape index (κ1) is 45.1. The zero-order valence-electron chi connectivity index (χ0n) is 46.2. The molecule has 2 aliphatic carbocycles. The summed E-state index contributed by atoms with van der Waals surface area (Å²) in [5.74, 6) is 0. The lowest BCUT2D eigenvalue weighted by Gasteiger charge is -2.42. The van der Waals surface area contributed by atoms with E-state index < -0.39 is 0 Å². The van der Waals surface area contributed by atoms with E-state index in [1.54, 1.807) is 0 Å². The molecule has 372 valence electrons. The molecule has 0 N–H and O–H groups in total. The lowest BCUT2D eigenvalue weighted by molar-refractivity contribution is 0.590. The molecule has 0 saturated heterocycles. The Morgan fingerprint density at radius 3 is 1.74 bits per heavy atom. The maximum Gasteiger partial charge on any atom is 0.252 e. The van der Waals surface area contributed by atoms with Crippen LogP contribution < -0.4 is 21.3 Å². The van der Waals surface area contributed by atoms with Gasteiger partial charge in [0.15, 0.2) is 0 Å². The predicted octanol–water partition coefficient (Wildman–Crippen LogP) is 17.5. The second-order valence-corrected chi connectivity index (χ2v) is 26.5. The van der Waals surface area contributed by atoms with Crippen LogP contribution in [-0.2, 0) is 21.7 Å². The molecule has 77 heavy (non-hydrogen) atoms. The van der Waals surface area contributed by atoms with Crippen molar-refractivity contribution < 1.29 is 0 Å². The van der Waals surface area contributed by atoms with Crippen molar-refractivity contribution in [3.63, 3.8) is 0 Å². The monoisotopic (exact) mass is 992 g/mol. The van der Waals surface area contributed by atoms with Crippen molar-refractivity contribution in [2.75, 3.05) is 4.90 Å². The minimum atomic E-state index is -0.248. The number of anilines is 3. The van der Waals surface area contributed by atoms with Crippen LogP contribution in [0.15, 0.2) is 176 Å². The van der Waals surface area contributed by atoms with Crippen LogP contribution in [0, 0.1) is 0 Å². The smallest absolute Gasteiger partial charge is 0.252 e. The molecule has 12 aromatic rings. The number of hydrogen-bond acceptors (Lipinski definition) is 1. The number of rotatable bonds is 2. The van der Waals surface area contributed by atoms with Gasteiger partial charge in [0.25, 0.3) is 6.71 Å². The van der Waals surface area contributed by atoms with Gasteiger partial charge in [0, 0.05) is 55.2 Å². The van der Waals surface area contributed by atoms with E-state index in [0.29, 0.717) is 0 Å². The van der Waals surface area contributed by atoms with Crippen LogP contribution in [0.4, 0.5) is 17.1 Å². The van der Waals surface area contributed by atoms with Gasteiger partial charge in [0.2, 0.25) is 0 Å². The van der Waals surface area contributed by atoms with Crippen molar-refractivity contribution in [1.29, 1.82) is 0 Å². The van der Waals surface area contributed by atoms with Crippen LogP contribution >= 0.6 is 0 Å². The molecule has 16 rings (SSSR count). The Labute approximate surface area is 452 Å². The predicted molar refractivity (Wildman–Crippen MR) is 330 cm³/mol. The van der Waals surface area contributed by atoms with Crippen LogP contribution in [0.1, 0.15) is 104 Å². The van der Waals surface area contributed by atoms with Crippen molar-refractivity contribution in [2.45, 2.75) is 97.8 Å². The second-order valence-electron chi connectivity index (χ2n) is 26.5. The van der Waals surface area contributed by atoms with Crippen molar-refractivity contribution in [2.24, 2.45) is 0 Å². The van der Waals surface area contributed by atoms with Gasteiger partial charge in [0.1, 0.15) is 0 Å². The summed E-state index contributed by atoms with van der Waals surface area (Å²) in [6, 6.07) is 69.1. The summed E-state index contributed by atoms with van der Waals surface area (Å²) in [4.78, 5) is 2.63. The van der Waals surface area contributed by atoms with E-state index in [1.165, 1.54) is 155 Å². The summed E-state index contributed by atoms with van der Waals surface area (Å²) in [6.07, 6.45) is 0. The van der Waals surface area contributed by atoms with Gasteiger partial charge < -0.3 is 14.0 Å². The third-order valence-corrected chi connectivity index (χ3v) is 18.6. The fourth-order valence-corrected chi connectivity index (χ4v) is 14.9.